The van der Waals surface area contributed by atoms with Gasteiger partial charge in [0.25, 0.3) is 5.91 Å². The van der Waals surface area contributed by atoms with Crippen LogP contribution < -0.4 is 0 Å². The third-order valence-corrected chi connectivity index (χ3v) is 3.68. The van der Waals surface area contributed by atoms with E-state index in [1.165, 1.54) is 0 Å². The fourth-order valence-electron chi connectivity index (χ4n) is 2.03. The molecule has 2 rings (SSSR count). The quantitative estimate of drug-likeness (QED) is 0.623. The van der Waals surface area contributed by atoms with Gasteiger partial charge in [-0.1, -0.05) is 43.7 Å². The lowest BCUT2D eigenvalue weighted by atomic mass is 10.2. The highest BCUT2D eigenvalue weighted by atomic mass is 32.1. The van der Waals surface area contributed by atoms with E-state index >= 15 is 0 Å². The predicted octanol–water partition coefficient (Wildman–Crippen LogP) is 2.89. The van der Waals surface area contributed by atoms with E-state index in [2.05, 4.69) is 6.92 Å². The van der Waals surface area contributed by atoms with Crippen molar-refractivity contribution in [3.05, 3.63) is 41.6 Å². The molecule has 0 aromatic heterocycles. The first-order valence-electron chi connectivity index (χ1n) is 6.51. The molecule has 3 nitrogen and oxygen atoms in total. The molecule has 1 aliphatic rings. The highest BCUT2D eigenvalue weighted by molar-refractivity contribution is 7.80. The number of hydrogen-bond acceptors (Lipinski definition) is 2. The second kappa shape index (κ2) is 5.97. The van der Waals surface area contributed by atoms with Crippen molar-refractivity contribution < 1.29 is 4.79 Å². The molecule has 1 aliphatic heterocycles. The van der Waals surface area contributed by atoms with Gasteiger partial charge in [-0.15, -0.1) is 0 Å². The van der Waals surface area contributed by atoms with Gasteiger partial charge in [0.1, 0.15) is 5.70 Å². The third-order valence-electron chi connectivity index (χ3n) is 3.18. The second-order valence-corrected chi connectivity index (χ2v) is 4.96. The Kier molecular flexibility index (Phi) is 4.32. The third kappa shape index (κ3) is 2.84. The molecule has 1 amide bonds. The Morgan fingerprint density at radius 2 is 1.95 bits per heavy atom. The van der Waals surface area contributed by atoms with Crippen molar-refractivity contribution in [1.29, 1.82) is 0 Å². The van der Waals surface area contributed by atoms with E-state index in [4.69, 9.17) is 12.2 Å². The van der Waals surface area contributed by atoms with Crippen LogP contribution in [0.15, 0.2) is 36.0 Å². The lowest BCUT2D eigenvalue weighted by Gasteiger charge is -2.15. The normalized spacial score (nSPS) is 17.7. The molecular formula is C15H18N2OS. The van der Waals surface area contributed by atoms with Gasteiger partial charge in [-0.25, -0.2) is 0 Å². The zero-order valence-electron chi connectivity index (χ0n) is 11.3. The van der Waals surface area contributed by atoms with Crippen LogP contribution >= 0.6 is 12.2 Å². The molecule has 0 atom stereocenters. The van der Waals surface area contributed by atoms with Gasteiger partial charge in [0, 0.05) is 13.6 Å². The van der Waals surface area contributed by atoms with Gasteiger partial charge in [-0.3, -0.25) is 9.69 Å². The van der Waals surface area contributed by atoms with Crippen LogP contribution in [0.2, 0.25) is 0 Å². The number of thiocarbonyl (C=S) groups is 1. The van der Waals surface area contributed by atoms with E-state index in [0.717, 1.165) is 18.4 Å². The smallest absolute Gasteiger partial charge is 0.276 e. The summed E-state index contributed by atoms with van der Waals surface area (Å²) in [6.45, 7) is 2.80. The van der Waals surface area contributed by atoms with E-state index in [1.54, 1.807) is 9.80 Å². The van der Waals surface area contributed by atoms with Crippen molar-refractivity contribution in [2.24, 2.45) is 0 Å². The first-order chi connectivity index (χ1) is 9.15. The number of unbranched alkanes of at least 4 members (excludes halogenated alkanes) is 1. The zero-order chi connectivity index (χ0) is 13.8. The number of carbonyl (C=O) groups is 1. The number of hydrogen-bond donors (Lipinski definition) is 0. The number of carbonyl (C=O) groups excluding carboxylic acids is 1. The minimum Gasteiger partial charge on any atom is -0.317 e. The van der Waals surface area contributed by atoms with Crippen molar-refractivity contribution in [3.8, 4) is 0 Å². The van der Waals surface area contributed by atoms with Gasteiger partial charge in [-0.05, 0) is 30.3 Å². The van der Waals surface area contributed by atoms with E-state index in [-0.39, 0.29) is 5.91 Å². The Balaban J connectivity index is 2.25. The van der Waals surface area contributed by atoms with E-state index < -0.39 is 0 Å². The predicted molar refractivity (Wildman–Crippen MR) is 81.4 cm³/mol. The zero-order valence-corrected chi connectivity index (χ0v) is 12.1. The number of benzene rings is 1. The fraction of sp³-hybridized carbons (Fsp3) is 0.333. The maximum atomic E-state index is 12.4. The average molecular weight is 274 g/mol. The molecule has 1 aromatic carbocycles. The highest BCUT2D eigenvalue weighted by Gasteiger charge is 2.34. The van der Waals surface area contributed by atoms with Crippen LogP contribution in [0.1, 0.15) is 25.3 Å². The van der Waals surface area contributed by atoms with E-state index in [1.807, 2.05) is 43.5 Å². The van der Waals surface area contributed by atoms with Gasteiger partial charge in [0.2, 0.25) is 0 Å². The van der Waals surface area contributed by atoms with Gasteiger partial charge < -0.3 is 4.90 Å². The van der Waals surface area contributed by atoms with Crippen molar-refractivity contribution in [2.75, 3.05) is 13.6 Å². The molecule has 0 aliphatic carbocycles. The summed E-state index contributed by atoms with van der Waals surface area (Å²) in [7, 11) is 1.85. The lowest BCUT2D eigenvalue weighted by molar-refractivity contribution is -0.122. The summed E-state index contributed by atoms with van der Waals surface area (Å²) in [5.41, 5.74) is 1.66. The Bertz CT molecular complexity index is 510. The summed E-state index contributed by atoms with van der Waals surface area (Å²) in [6.07, 6.45) is 3.91. The summed E-state index contributed by atoms with van der Waals surface area (Å²) in [6, 6.07) is 9.83. The Morgan fingerprint density at radius 1 is 1.26 bits per heavy atom. The number of amides is 1. The molecule has 4 heteroatoms. The van der Waals surface area contributed by atoms with Crippen LogP contribution in [0.4, 0.5) is 0 Å². The largest absolute Gasteiger partial charge is 0.317 e. The Morgan fingerprint density at radius 3 is 2.58 bits per heavy atom. The standard InChI is InChI=1S/C15H18N2OS/c1-3-4-10-17-14(18)13(16(2)15(17)19)11-12-8-6-5-7-9-12/h5-9,11H,3-4,10H2,1-2H3/b13-11+. The van der Waals surface area contributed by atoms with Crippen molar-refractivity contribution in [2.45, 2.75) is 19.8 Å². The van der Waals surface area contributed by atoms with Crippen molar-refractivity contribution in [3.63, 3.8) is 0 Å². The molecule has 1 fully saturated rings. The maximum Gasteiger partial charge on any atom is 0.276 e. The molecule has 1 heterocycles. The highest BCUT2D eigenvalue weighted by Crippen LogP contribution is 2.22. The van der Waals surface area contributed by atoms with Gasteiger partial charge >= 0.3 is 0 Å². The minimum atomic E-state index is 0.00445. The van der Waals surface area contributed by atoms with Gasteiger partial charge in [0.05, 0.1) is 0 Å². The van der Waals surface area contributed by atoms with Gasteiger partial charge in [-0.2, -0.15) is 0 Å². The van der Waals surface area contributed by atoms with Crippen LogP contribution in [-0.2, 0) is 4.79 Å². The van der Waals surface area contributed by atoms with Crippen LogP contribution in [-0.4, -0.2) is 34.4 Å². The van der Waals surface area contributed by atoms with E-state index in [0.29, 0.717) is 17.4 Å². The molecule has 0 bridgehead atoms. The van der Waals surface area contributed by atoms with Crippen LogP contribution in [0.5, 0.6) is 0 Å². The fourth-order valence-corrected chi connectivity index (χ4v) is 2.30. The van der Waals surface area contributed by atoms with Crippen molar-refractivity contribution >= 4 is 29.3 Å². The molecule has 100 valence electrons. The molecule has 0 N–H and O–H groups in total. The second-order valence-electron chi connectivity index (χ2n) is 4.59. The monoisotopic (exact) mass is 274 g/mol. The van der Waals surface area contributed by atoms with Crippen LogP contribution in [0.25, 0.3) is 6.08 Å². The molecule has 0 unspecified atom stereocenters. The summed E-state index contributed by atoms with van der Waals surface area (Å²) < 4.78 is 0. The number of likely N-dealkylation sites (N-methyl/N-ethyl adjacent to an activating group) is 1. The molecule has 0 saturated carbocycles. The molecule has 19 heavy (non-hydrogen) atoms. The lowest BCUT2D eigenvalue weighted by Crippen LogP contribution is -2.32. The summed E-state index contributed by atoms with van der Waals surface area (Å²) in [5.74, 6) is 0.00445. The van der Waals surface area contributed by atoms with Gasteiger partial charge in [0.15, 0.2) is 5.11 Å². The summed E-state index contributed by atoms with van der Waals surface area (Å²) in [5, 5.41) is 0.598. The molecule has 0 spiro atoms. The SMILES string of the molecule is CCCCN1C(=O)/C(=C\c2ccccc2)N(C)C1=S. The molecule has 0 radical (unpaired) electrons. The average Bonchev–Trinajstić information content (AvgIpc) is 2.62. The topological polar surface area (TPSA) is 23.6 Å². The van der Waals surface area contributed by atoms with Crippen molar-refractivity contribution in [1.82, 2.24) is 9.80 Å². The van der Waals surface area contributed by atoms with Crippen LogP contribution in [0.3, 0.4) is 0 Å². The molecule has 1 aromatic rings. The first kappa shape index (κ1) is 13.7. The summed E-state index contributed by atoms with van der Waals surface area (Å²) in [4.78, 5) is 15.8. The molecular weight excluding hydrogens is 256 g/mol. The minimum absolute atomic E-state index is 0.00445. The Hall–Kier alpha value is -1.68. The Labute approximate surface area is 119 Å². The molecule has 1 saturated heterocycles. The summed E-state index contributed by atoms with van der Waals surface area (Å²) >= 11 is 5.34. The van der Waals surface area contributed by atoms with E-state index in [9.17, 15) is 4.79 Å². The van der Waals surface area contributed by atoms with Crippen LogP contribution in [0, 0.1) is 0 Å². The number of rotatable bonds is 4. The number of nitrogens with zero attached hydrogens (tertiary/aromatic N) is 2. The first-order valence-corrected chi connectivity index (χ1v) is 6.92. The maximum absolute atomic E-state index is 12.4.